The van der Waals surface area contributed by atoms with Gasteiger partial charge in [0.15, 0.2) is 5.13 Å². The van der Waals surface area contributed by atoms with Gasteiger partial charge in [0, 0.05) is 18.4 Å². The summed E-state index contributed by atoms with van der Waals surface area (Å²) in [5, 5.41) is 18.7. The lowest BCUT2D eigenvalue weighted by molar-refractivity contribution is 0.718. The van der Waals surface area contributed by atoms with Crippen molar-refractivity contribution in [3.8, 4) is 22.6 Å². The Bertz CT molecular complexity index is 1120. The molecule has 0 saturated heterocycles. The fourth-order valence-corrected chi connectivity index (χ4v) is 4.17. The molecule has 0 amide bonds. The Morgan fingerprint density at radius 2 is 1.88 bits per heavy atom. The highest BCUT2D eigenvalue weighted by molar-refractivity contribution is 7.21. The molecule has 25 heavy (non-hydrogen) atoms. The molecule has 8 heteroatoms. The molecule has 0 spiro atoms. The highest BCUT2D eigenvalue weighted by Crippen LogP contribution is 2.34. The lowest BCUT2D eigenvalue weighted by Crippen LogP contribution is -1.99. The van der Waals surface area contributed by atoms with Crippen LogP contribution < -0.4 is 0 Å². The third-order valence-electron chi connectivity index (χ3n) is 4.22. The Labute approximate surface area is 148 Å². The van der Waals surface area contributed by atoms with Crippen molar-refractivity contribution in [1.82, 2.24) is 29.5 Å². The first-order valence-corrected chi connectivity index (χ1v) is 8.54. The molecule has 0 fully saturated rings. The van der Waals surface area contributed by atoms with E-state index in [1.807, 2.05) is 20.8 Å². The zero-order chi connectivity index (χ0) is 17.7. The third kappa shape index (κ3) is 2.24. The smallest absolute Gasteiger partial charge is 0.195 e. The first-order chi connectivity index (χ1) is 12.0. The first-order valence-electron chi connectivity index (χ1n) is 7.73. The van der Waals surface area contributed by atoms with Gasteiger partial charge in [0.1, 0.15) is 23.0 Å². The third-order valence-corrected chi connectivity index (χ3v) is 5.29. The molecular weight excluding hydrogens is 334 g/mol. The minimum atomic E-state index is 0.511. The summed E-state index contributed by atoms with van der Waals surface area (Å²) in [5.74, 6) is 0. The molecule has 0 aliphatic carbocycles. The Balaban J connectivity index is 2.00. The van der Waals surface area contributed by atoms with Crippen LogP contribution >= 0.6 is 11.3 Å². The number of aromatic nitrogens is 6. The summed E-state index contributed by atoms with van der Waals surface area (Å²) in [7, 11) is 1.80. The van der Waals surface area contributed by atoms with Gasteiger partial charge in [-0.25, -0.2) is 9.67 Å². The highest BCUT2D eigenvalue weighted by atomic mass is 32.1. The van der Waals surface area contributed by atoms with E-state index >= 15 is 0 Å². The summed E-state index contributed by atoms with van der Waals surface area (Å²) in [6, 6.07) is 6.41. The summed E-state index contributed by atoms with van der Waals surface area (Å²) in [6.45, 7) is 5.94. The van der Waals surface area contributed by atoms with Crippen LogP contribution in [0, 0.1) is 32.1 Å². The molecule has 4 aromatic heterocycles. The molecule has 0 radical (unpaired) electrons. The van der Waals surface area contributed by atoms with Crippen molar-refractivity contribution in [3.63, 3.8) is 0 Å². The van der Waals surface area contributed by atoms with E-state index in [1.54, 1.807) is 17.9 Å². The van der Waals surface area contributed by atoms with Crippen LogP contribution in [0.5, 0.6) is 0 Å². The number of rotatable bonds is 2. The van der Waals surface area contributed by atoms with Gasteiger partial charge in [-0.05, 0) is 32.9 Å². The average Bonchev–Trinajstić information content (AvgIpc) is 3.24. The van der Waals surface area contributed by atoms with Crippen LogP contribution in [0.3, 0.4) is 0 Å². The second-order valence-electron chi connectivity index (χ2n) is 5.90. The number of pyridine rings is 1. The molecule has 7 nitrogen and oxygen atoms in total. The van der Waals surface area contributed by atoms with Crippen molar-refractivity contribution in [2.45, 2.75) is 20.8 Å². The average molecular weight is 349 g/mol. The largest absolute Gasteiger partial charge is 0.295 e. The summed E-state index contributed by atoms with van der Waals surface area (Å²) >= 11 is 1.50. The minimum absolute atomic E-state index is 0.511. The standard InChI is InChI=1S/C17H15N7S/c1-9-5-6-10(2)24(9)17-20-13-8-19-14(12(7-18)16(13)25-17)15-11(3)21-22-23(15)4/h5-6,8H,1-4H3. The van der Waals surface area contributed by atoms with Crippen molar-refractivity contribution in [1.29, 1.82) is 5.26 Å². The predicted molar refractivity (Wildman–Crippen MR) is 95.7 cm³/mol. The Hall–Kier alpha value is -3.05. The lowest BCUT2D eigenvalue weighted by Gasteiger charge is -2.04. The second-order valence-corrected chi connectivity index (χ2v) is 6.88. The summed E-state index contributed by atoms with van der Waals surface area (Å²) < 4.78 is 4.56. The Morgan fingerprint density at radius 3 is 2.48 bits per heavy atom. The van der Waals surface area contributed by atoms with Gasteiger partial charge in [-0.3, -0.25) is 9.55 Å². The van der Waals surface area contributed by atoms with Crippen LogP contribution in [-0.4, -0.2) is 29.5 Å². The molecule has 4 rings (SSSR count). The van der Waals surface area contributed by atoms with E-state index in [9.17, 15) is 5.26 Å². The molecular formula is C17H15N7S. The van der Waals surface area contributed by atoms with Crippen LogP contribution in [0.4, 0.5) is 0 Å². The number of thiazole rings is 1. The van der Waals surface area contributed by atoms with E-state index in [4.69, 9.17) is 0 Å². The quantitative estimate of drug-likeness (QED) is 0.555. The SMILES string of the molecule is Cc1nnn(C)c1-c1ncc2nc(-n3c(C)ccc3C)sc2c1C#N. The van der Waals surface area contributed by atoms with Crippen molar-refractivity contribution in [2.75, 3.05) is 0 Å². The molecule has 0 aliphatic rings. The van der Waals surface area contributed by atoms with Gasteiger partial charge in [-0.2, -0.15) is 5.26 Å². The predicted octanol–water partition coefficient (Wildman–Crippen LogP) is 3.07. The van der Waals surface area contributed by atoms with E-state index in [1.165, 1.54) is 11.3 Å². The molecule has 4 aromatic rings. The van der Waals surface area contributed by atoms with Crippen molar-refractivity contribution < 1.29 is 0 Å². The number of fused-ring (bicyclic) bond motifs is 1. The zero-order valence-corrected chi connectivity index (χ0v) is 15.1. The van der Waals surface area contributed by atoms with Crippen LogP contribution in [-0.2, 0) is 7.05 Å². The Kier molecular flexibility index (Phi) is 3.40. The normalized spacial score (nSPS) is 11.2. The lowest BCUT2D eigenvalue weighted by atomic mass is 10.1. The van der Waals surface area contributed by atoms with Gasteiger partial charge in [0.25, 0.3) is 0 Å². The van der Waals surface area contributed by atoms with Crippen LogP contribution in [0.25, 0.3) is 26.7 Å². The molecule has 0 N–H and O–H groups in total. The molecule has 4 heterocycles. The second kappa shape index (κ2) is 5.50. The highest BCUT2D eigenvalue weighted by Gasteiger charge is 2.20. The summed E-state index contributed by atoms with van der Waals surface area (Å²) in [4.78, 5) is 9.18. The van der Waals surface area contributed by atoms with E-state index in [-0.39, 0.29) is 0 Å². The maximum absolute atomic E-state index is 9.78. The van der Waals surface area contributed by atoms with Gasteiger partial charge >= 0.3 is 0 Å². The van der Waals surface area contributed by atoms with Crippen molar-refractivity contribution in [3.05, 3.63) is 41.0 Å². The van der Waals surface area contributed by atoms with Gasteiger partial charge in [-0.1, -0.05) is 16.6 Å². The first kappa shape index (κ1) is 15.5. The van der Waals surface area contributed by atoms with Gasteiger partial charge in [-0.15, -0.1) is 5.10 Å². The Morgan fingerprint density at radius 1 is 1.16 bits per heavy atom. The van der Waals surface area contributed by atoms with Gasteiger partial charge in [0.2, 0.25) is 0 Å². The molecule has 0 aliphatic heterocycles. The molecule has 0 saturated carbocycles. The van der Waals surface area contributed by atoms with Gasteiger partial charge < -0.3 is 0 Å². The number of nitriles is 1. The molecule has 0 atom stereocenters. The molecule has 0 aromatic carbocycles. The van der Waals surface area contributed by atoms with Crippen LogP contribution in [0.15, 0.2) is 18.3 Å². The monoisotopic (exact) mass is 349 g/mol. The van der Waals surface area contributed by atoms with E-state index in [2.05, 4.69) is 43.0 Å². The van der Waals surface area contributed by atoms with Crippen molar-refractivity contribution >= 4 is 21.6 Å². The maximum atomic E-state index is 9.78. The van der Waals surface area contributed by atoms with E-state index in [0.717, 1.165) is 38.1 Å². The molecule has 124 valence electrons. The number of hydrogen-bond acceptors (Lipinski definition) is 6. The number of hydrogen-bond donors (Lipinski definition) is 0. The van der Waals surface area contributed by atoms with Crippen LogP contribution in [0.1, 0.15) is 22.6 Å². The maximum Gasteiger partial charge on any atom is 0.195 e. The fraction of sp³-hybridized carbons (Fsp3) is 0.235. The summed E-state index contributed by atoms with van der Waals surface area (Å²) in [6.07, 6.45) is 1.71. The van der Waals surface area contributed by atoms with Crippen molar-refractivity contribution in [2.24, 2.45) is 7.05 Å². The van der Waals surface area contributed by atoms with E-state index < -0.39 is 0 Å². The number of nitrogens with zero attached hydrogens (tertiary/aromatic N) is 7. The minimum Gasteiger partial charge on any atom is -0.295 e. The molecule has 0 unspecified atom stereocenters. The summed E-state index contributed by atoms with van der Waals surface area (Å²) in [5.41, 5.74) is 5.54. The molecule has 0 bridgehead atoms. The number of aryl methyl sites for hydroxylation is 4. The zero-order valence-electron chi connectivity index (χ0n) is 14.3. The van der Waals surface area contributed by atoms with Crippen LogP contribution in [0.2, 0.25) is 0 Å². The van der Waals surface area contributed by atoms with Gasteiger partial charge in [0.05, 0.1) is 22.2 Å². The fourth-order valence-electron chi connectivity index (χ4n) is 3.02. The topological polar surface area (TPSA) is 85.2 Å². The van der Waals surface area contributed by atoms with E-state index in [0.29, 0.717) is 11.3 Å².